The van der Waals surface area contributed by atoms with Gasteiger partial charge in [-0.15, -0.1) is 0 Å². The van der Waals surface area contributed by atoms with Crippen molar-refractivity contribution in [3.8, 4) is 0 Å². The molecule has 9 heteroatoms. The van der Waals surface area contributed by atoms with Crippen molar-refractivity contribution in [2.75, 3.05) is 20.3 Å². The molecule has 6 nitrogen and oxygen atoms in total. The van der Waals surface area contributed by atoms with Crippen molar-refractivity contribution >= 4 is 28.7 Å². The van der Waals surface area contributed by atoms with Crippen molar-refractivity contribution in [2.45, 2.75) is 24.0 Å². The Bertz CT molecular complexity index is 883. The molecule has 0 radical (unpaired) electrons. The number of ether oxygens (including phenoxy) is 1. The normalized spacial score (nSPS) is 11.4. The molecule has 0 aliphatic rings. The van der Waals surface area contributed by atoms with Crippen LogP contribution in [0.3, 0.4) is 0 Å². The Morgan fingerprint density at radius 1 is 1.33 bits per heavy atom. The fourth-order valence-corrected chi connectivity index (χ4v) is 3.30. The first kappa shape index (κ1) is 19.4. The van der Waals surface area contributed by atoms with E-state index < -0.39 is 5.76 Å². The topological polar surface area (TPSA) is 60.5 Å². The Hall–Kier alpha value is -2.39. The van der Waals surface area contributed by atoms with E-state index in [0.29, 0.717) is 41.7 Å². The van der Waals surface area contributed by atoms with Gasteiger partial charge in [-0.1, -0.05) is 12.1 Å². The van der Waals surface area contributed by atoms with Gasteiger partial charge in [-0.05, 0) is 36.0 Å². The van der Waals surface area contributed by atoms with E-state index in [0.717, 1.165) is 0 Å². The highest BCUT2D eigenvalue weighted by Gasteiger charge is 2.21. The first-order chi connectivity index (χ1) is 13.1. The average molecular weight is 395 g/mol. The summed E-state index contributed by atoms with van der Waals surface area (Å²) in [5, 5.41) is 0.115. The lowest BCUT2D eigenvalue weighted by molar-refractivity contribution is -0.133. The van der Waals surface area contributed by atoms with Crippen LogP contribution in [0, 0.1) is 0 Å². The minimum Gasteiger partial charge on any atom is -0.467 e. The monoisotopic (exact) mass is 395 g/mol. The highest BCUT2D eigenvalue weighted by Crippen LogP contribution is 2.28. The predicted octanol–water partition coefficient (Wildman–Crippen LogP) is 3.62. The Morgan fingerprint density at radius 3 is 2.85 bits per heavy atom. The third kappa shape index (κ3) is 4.86. The van der Waals surface area contributed by atoms with Gasteiger partial charge < -0.3 is 18.6 Å². The number of methoxy groups -OCH3 is 1. The zero-order chi connectivity index (χ0) is 19.2. The minimum atomic E-state index is -2.62. The number of aromatic nitrogens is 2. The van der Waals surface area contributed by atoms with Crippen LogP contribution >= 0.6 is 11.8 Å². The van der Waals surface area contributed by atoms with E-state index in [1.165, 1.54) is 10.8 Å². The van der Waals surface area contributed by atoms with Gasteiger partial charge in [-0.2, -0.15) is 8.78 Å². The van der Waals surface area contributed by atoms with Crippen LogP contribution < -0.4 is 0 Å². The summed E-state index contributed by atoms with van der Waals surface area (Å²) in [6.45, 7) is 0.898. The zero-order valence-corrected chi connectivity index (χ0v) is 15.5. The number of nitrogens with zero attached hydrogens (tertiary/aromatic N) is 3. The SMILES string of the molecule is COCCN(Cc1ccco1)C(=O)Cn1c(SC(F)F)nc2ccccc21. The number of imidazole rings is 1. The molecule has 1 amide bonds. The van der Waals surface area contributed by atoms with Gasteiger partial charge in [0.15, 0.2) is 5.16 Å². The van der Waals surface area contributed by atoms with Gasteiger partial charge in [0.2, 0.25) is 5.91 Å². The zero-order valence-electron chi connectivity index (χ0n) is 14.7. The largest absolute Gasteiger partial charge is 0.467 e. The third-order valence-corrected chi connectivity index (χ3v) is 4.65. The van der Waals surface area contributed by atoms with E-state index in [1.54, 1.807) is 48.4 Å². The van der Waals surface area contributed by atoms with Crippen molar-refractivity contribution in [3.05, 3.63) is 48.4 Å². The summed E-state index contributed by atoms with van der Waals surface area (Å²) in [7, 11) is 1.55. The molecule has 0 spiro atoms. The molecule has 3 aromatic rings. The second-order valence-electron chi connectivity index (χ2n) is 5.74. The van der Waals surface area contributed by atoms with E-state index in [-0.39, 0.29) is 24.2 Å². The molecule has 1 aromatic carbocycles. The van der Waals surface area contributed by atoms with Crippen molar-refractivity contribution in [1.29, 1.82) is 0 Å². The Kier molecular flexibility index (Phi) is 6.46. The van der Waals surface area contributed by atoms with Crippen LogP contribution in [0.2, 0.25) is 0 Å². The van der Waals surface area contributed by atoms with Crippen LogP contribution in [0.1, 0.15) is 5.76 Å². The number of amides is 1. The number of alkyl halides is 2. The third-order valence-electron chi connectivity index (χ3n) is 3.95. The fraction of sp³-hybridized carbons (Fsp3) is 0.333. The summed E-state index contributed by atoms with van der Waals surface area (Å²) >= 11 is 0.332. The molecule has 0 N–H and O–H groups in total. The smallest absolute Gasteiger partial charge is 0.291 e. The van der Waals surface area contributed by atoms with Gasteiger partial charge in [0.05, 0.1) is 30.4 Å². The average Bonchev–Trinajstić information content (AvgIpc) is 3.26. The van der Waals surface area contributed by atoms with Crippen LogP contribution in [0.5, 0.6) is 0 Å². The number of para-hydroxylation sites is 2. The predicted molar refractivity (Wildman–Crippen MR) is 97.6 cm³/mol. The molecule has 2 heterocycles. The number of carbonyl (C=O) groups excluding carboxylic acids is 1. The molecular formula is C18H19F2N3O3S. The summed E-state index contributed by atoms with van der Waals surface area (Å²) < 4.78 is 37.8. The molecule has 0 fully saturated rings. The second-order valence-corrected chi connectivity index (χ2v) is 6.69. The number of halogens is 2. The van der Waals surface area contributed by atoms with Gasteiger partial charge in [0.25, 0.3) is 5.76 Å². The minimum absolute atomic E-state index is 0.0972. The lowest BCUT2D eigenvalue weighted by Crippen LogP contribution is -2.36. The number of thioether (sulfide) groups is 1. The molecule has 0 saturated carbocycles. The number of benzene rings is 1. The van der Waals surface area contributed by atoms with Gasteiger partial charge in [0, 0.05) is 13.7 Å². The molecule has 27 heavy (non-hydrogen) atoms. The number of fused-ring (bicyclic) bond motifs is 1. The molecule has 0 atom stereocenters. The lowest BCUT2D eigenvalue weighted by Gasteiger charge is -2.22. The van der Waals surface area contributed by atoms with Gasteiger partial charge >= 0.3 is 0 Å². The molecule has 0 aliphatic heterocycles. The van der Waals surface area contributed by atoms with E-state index in [1.807, 2.05) is 0 Å². The van der Waals surface area contributed by atoms with Crippen LogP contribution in [0.15, 0.2) is 52.2 Å². The van der Waals surface area contributed by atoms with Crippen LogP contribution in [0.25, 0.3) is 11.0 Å². The lowest BCUT2D eigenvalue weighted by atomic mass is 10.3. The molecule has 0 saturated heterocycles. The number of carbonyl (C=O) groups is 1. The van der Waals surface area contributed by atoms with E-state index >= 15 is 0 Å². The molecule has 0 aliphatic carbocycles. The quantitative estimate of drug-likeness (QED) is 0.518. The first-order valence-corrected chi connectivity index (χ1v) is 9.15. The number of furan rings is 1. The molecular weight excluding hydrogens is 376 g/mol. The maximum Gasteiger partial charge on any atom is 0.291 e. The van der Waals surface area contributed by atoms with E-state index in [4.69, 9.17) is 9.15 Å². The summed E-state index contributed by atoms with van der Waals surface area (Å²) in [6.07, 6.45) is 1.54. The van der Waals surface area contributed by atoms with E-state index in [9.17, 15) is 13.6 Å². The Morgan fingerprint density at radius 2 is 2.15 bits per heavy atom. The summed E-state index contributed by atoms with van der Waals surface area (Å²) in [4.78, 5) is 18.7. The van der Waals surface area contributed by atoms with Gasteiger partial charge in [-0.25, -0.2) is 4.98 Å². The first-order valence-electron chi connectivity index (χ1n) is 8.27. The fourth-order valence-electron chi connectivity index (χ4n) is 2.70. The van der Waals surface area contributed by atoms with Crippen LogP contribution in [-0.4, -0.2) is 46.4 Å². The molecule has 0 bridgehead atoms. The number of hydrogen-bond donors (Lipinski definition) is 0. The molecule has 2 aromatic heterocycles. The van der Waals surface area contributed by atoms with Crippen LogP contribution in [0.4, 0.5) is 8.78 Å². The molecule has 3 rings (SSSR count). The maximum absolute atomic E-state index is 12.9. The van der Waals surface area contributed by atoms with Gasteiger partial charge in [-0.3, -0.25) is 4.79 Å². The van der Waals surface area contributed by atoms with E-state index in [2.05, 4.69) is 4.98 Å². The van der Waals surface area contributed by atoms with Crippen molar-refractivity contribution < 1.29 is 22.7 Å². The van der Waals surface area contributed by atoms with Gasteiger partial charge in [0.1, 0.15) is 12.3 Å². The molecule has 0 unspecified atom stereocenters. The van der Waals surface area contributed by atoms with Crippen LogP contribution in [-0.2, 0) is 22.6 Å². The maximum atomic E-state index is 12.9. The highest BCUT2D eigenvalue weighted by atomic mass is 32.2. The van der Waals surface area contributed by atoms with Crippen molar-refractivity contribution in [1.82, 2.24) is 14.5 Å². The second kappa shape index (κ2) is 9.01. The Labute approximate surface area is 159 Å². The standard InChI is InChI=1S/C18H19F2N3O3S/c1-25-10-8-22(11-13-5-4-9-26-13)16(24)12-23-15-7-3-2-6-14(15)21-18(23)27-17(19)20/h2-7,9,17H,8,10-12H2,1H3. The number of rotatable bonds is 9. The summed E-state index contributed by atoms with van der Waals surface area (Å²) in [6, 6.07) is 10.6. The van der Waals surface area contributed by atoms with Crippen molar-refractivity contribution in [3.63, 3.8) is 0 Å². The van der Waals surface area contributed by atoms with Crippen molar-refractivity contribution in [2.24, 2.45) is 0 Å². The summed E-state index contributed by atoms with van der Waals surface area (Å²) in [5.74, 6) is -2.22. The number of hydrogen-bond acceptors (Lipinski definition) is 5. The summed E-state index contributed by atoms with van der Waals surface area (Å²) in [5.41, 5.74) is 1.21. The highest BCUT2D eigenvalue weighted by molar-refractivity contribution is 7.99. The molecule has 144 valence electrons. The Balaban J connectivity index is 1.85.